The van der Waals surface area contributed by atoms with E-state index in [1.807, 2.05) is 45.0 Å². The number of rotatable bonds is 3. The third kappa shape index (κ3) is 3.52. The van der Waals surface area contributed by atoms with Crippen LogP contribution in [0.3, 0.4) is 0 Å². The third-order valence-corrected chi connectivity index (χ3v) is 5.73. The first-order chi connectivity index (χ1) is 10.9. The molecule has 0 saturated carbocycles. The quantitative estimate of drug-likeness (QED) is 0.648. The number of nitrogens with zero attached hydrogens (tertiary/aromatic N) is 2. The van der Waals surface area contributed by atoms with E-state index in [0.29, 0.717) is 10.0 Å². The number of carbonyl (C=O) groups is 1. The lowest BCUT2D eigenvalue weighted by Crippen LogP contribution is -2.11. The summed E-state index contributed by atoms with van der Waals surface area (Å²) in [6.45, 7) is 5.75. The molecule has 0 bridgehead atoms. The number of halogens is 1. The minimum absolute atomic E-state index is 0.149. The molecule has 0 saturated heterocycles. The Labute approximate surface area is 150 Å². The maximum absolute atomic E-state index is 12.4. The Bertz CT molecular complexity index is 868. The molecule has 3 rings (SSSR count). The van der Waals surface area contributed by atoms with Crippen molar-refractivity contribution in [2.75, 3.05) is 5.32 Å². The SMILES string of the molecule is Cc1nc(C)c(C(=O)Nc2nc(-c3ccc(Br)cc3)c(C)s2)s1. The normalized spacial score (nSPS) is 10.8. The summed E-state index contributed by atoms with van der Waals surface area (Å²) in [5.74, 6) is -0.149. The van der Waals surface area contributed by atoms with Crippen LogP contribution in [0.2, 0.25) is 0 Å². The van der Waals surface area contributed by atoms with Gasteiger partial charge in [-0.1, -0.05) is 28.1 Å². The first-order valence-electron chi connectivity index (χ1n) is 6.93. The fraction of sp³-hybridized carbons (Fsp3) is 0.188. The predicted octanol–water partition coefficient (Wildman–Crippen LogP) is 5.21. The van der Waals surface area contributed by atoms with Crippen LogP contribution in [0.4, 0.5) is 5.13 Å². The van der Waals surface area contributed by atoms with Gasteiger partial charge < -0.3 is 0 Å². The number of amides is 1. The van der Waals surface area contributed by atoms with Gasteiger partial charge in [-0.05, 0) is 32.9 Å². The highest BCUT2D eigenvalue weighted by Gasteiger charge is 2.17. The zero-order chi connectivity index (χ0) is 16.6. The minimum atomic E-state index is -0.149. The summed E-state index contributed by atoms with van der Waals surface area (Å²) in [4.78, 5) is 22.9. The summed E-state index contributed by atoms with van der Waals surface area (Å²) in [5.41, 5.74) is 2.69. The van der Waals surface area contributed by atoms with E-state index in [1.54, 1.807) is 0 Å². The summed E-state index contributed by atoms with van der Waals surface area (Å²) in [7, 11) is 0. The monoisotopic (exact) mass is 407 g/mol. The lowest BCUT2D eigenvalue weighted by Gasteiger charge is -2.00. The molecule has 2 aromatic heterocycles. The third-order valence-electron chi connectivity index (χ3n) is 3.24. The standard InChI is InChI=1S/C16H14BrN3OS2/c1-8-14(23-10(3)18-8)15(21)20-16-19-13(9(2)22-16)11-4-6-12(17)7-5-11/h4-7H,1-3H3,(H,19,20,21). The Morgan fingerprint density at radius 3 is 2.39 bits per heavy atom. The Morgan fingerprint density at radius 1 is 1.09 bits per heavy atom. The summed E-state index contributed by atoms with van der Waals surface area (Å²) in [5, 5.41) is 4.38. The van der Waals surface area contributed by atoms with Gasteiger partial charge in [-0.15, -0.1) is 22.7 Å². The molecule has 2 heterocycles. The van der Waals surface area contributed by atoms with Crippen LogP contribution in [0.5, 0.6) is 0 Å². The van der Waals surface area contributed by atoms with Gasteiger partial charge in [0.2, 0.25) is 0 Å². The van der Waals surface area contributed by atoms with Gasteiger partial charge in [-0.3, -0.25) is 10.1 Å². The van der Waals surface area contributed by atoms with E-state index >= 15 is 0 Å². The molecule has 0 radical (unpaired) electrons. The average Bonchev–Trinajstić information content (AvgIpc) is 3.02. The fourth-order valence-electron chi connectivity index (χ4n) is 2.22. The van der Waals surface area contributed by atoms with Crippen molar-refractivity contribution in [2.45, 2.75) is 20.8 Å². The Balaban J connectivity index is 1.85. The topological polar surface area (TPSA) is 54.9 Å². The van der Waals surface area contributed by atoms with Gasteiger partial charge in [-0.2, -0.15) is 0 Å². The average molecular weight is 408 g/mol. The molecule has 0 aliphatic carbocycles. The van der Waals surface area contributed by atoms with Crippen LogP contribution < -0.4 is 5.32 Å². The maximum Gasteiger partial charge on any atom is 0.269 e. The number of aromatic nitrogens is 2. The van der Waals surface area contributed by atoms with Gasteiger partial charge in [0.15, 0.2) is 5.13 Å². The molecule has 7 heteroatoms. The number of benzene rings is 1. The molecule has 1 aromatic carbocycles. The van der Waals surface area contributed by atoms with E-state index in [-0.39, 0.29) is 5.91 Å². The van der Waals surface area contributed by atoms with Gasteiger partial charge in [0.25, 0.3) is 5.91 Å². The molecule has 118 valence electrons. The molecule has 1 amide bonds. The number of carbonyl (C=O) groups excluding carboxylic acids is 1. The van der Waals surface area contributed by atoms with Crippen LogP contribution in [0, 0.1) is 20.8 Å². The van der Waals surface area contributed by atoms with E-state index in [1.165, 1.54) is 22.7 Å². The zero-order valence-corrected chi connectivity index (χ0v) is 16.0. The van der Waals surface area contributed by atoms with E-state index < -0.39 is 0 Å². The number of aryl methyl sites for hydroxylation is 3. The van der Waals surface area contributed by atoms with E-state index in [0.717, 1.165) is 31.3 Å². The first kappa shape index (κ1) is 16.3. The van der Waals surface area contributed by atoms with Crippen molar-refractivity contribution in [1.29, 1.82) is 0 Å². The largest absolute Gasteiger partial charge is 0.297 e. The van der Waals surface area contributed by atoms with Crippen molar-refractivity contribution >= 4 is 49.6 Å². The van der Waals surface area contributed by atoms with E-state index in [2.05, 4.69) is 31.2 Å². The van der Waals surface area contributed by atoms with E-state index in [4.69, 9.17) is 0 Å². The molecular weight excluding hydrogens is 394 g/mol. The number of nitrogens with one attached hydrogen (secondary N) is 1. The second-order valence-corrected chi connectivity index (χ2v) is 8.35. The van der Waals surface area contributed by atoms with Crippen molar-refractivity contribution in [3.05, 3.63) is 49.2 Å². The smallest absolute Gasteiger partial charge is 0.269 e. The number of anilines is 1. The highest BCUT2D eigenvalue weighted by atomic mass is 79.9. The lowest BCUT2D eigenvalue weighted by molar-refractivity contribution is 0.103. The molecule has 23 heavy (non-hydrogen) atoms. The van der Waals surface area contributed by atoms with Gasteiger partial charge in [0, 0.05) is 14.9 Å². The predicted molar refractivity (Wildman–Crippen MR) is 99.5 cm³/mol. The van der Waals surface area contributed by atoms with Crippen molar-refractivity contribution in [3.63, 3.8) is 0 Å². The minimum Gasteiger partial charge on any atom is -0.297 e. The van der Waals surface area contributed by atoms with Crippen LogP contribution >= 0.6 is 38.6 Å². The molecule has 1 N–H and O–H groups in total. The molecule has 3 aromatic rings. The summed E-state index contributed by atoms with van der Waals surface area (Å²) in [6, 6.07) is 7.98. The summed E-state index contributed by atoms with van der Waals surface area (Å²) < 4.78 is 1.03. The van der Waals surface area contributed by atoms with Gasteiger partial charge in [0.1, 0.15) is 4.88 Å². The van der Waals surface area contributed by atoms with Gasteiger partial charge in [0.05, 0.1) is 16.4 Å². The highest BCUT2D eigenvalue weighted by molar-refractivity contribution is 9.10. The van der Waals surface area contributed by atoms with Crippen molar-refractivity contribution in [3.8, 4) is 11.3 Å². The molecule has 0 atom stereocenters. The summed E-state index contributed by atoms with van der Waals surface area (Å²) >= 11 is 6.31. The van der Waals surface area contributed by atoms with Gasteiger partial charge in [-0.25, -0.2) is 9.97 Å². The van der Waals surface area contributed by atoms with Crippen LogP contribution in [-0.2, 0) is 0 Å². The molecule has 0 aliphatic heterocycles. The molecule has 4 nitrogen and oxygen atoms in total. The molecule has 0 unspecified atom stereocenters. The lowest BCUT2D eigenvalue weighted by atomic mass is 10.1. The molecule has 0 spiro atoms. The Morgan fingerprint density at radius 2 is 1.78 bits per heavy atom. The van der Waals surface area contributed by atoms with Crippen LogP contribution in [-0.4, -0.2) is 15.9 Å². The molecular formula is C16H14BrN3OS2. The Hall–Kier alpha value is -1.57. The van der Waals surface area contributed by atoms with Crippen LogP contribution in [0.15, 0.2) is 28.7 Å². The van der Waals surface area contributed by atoms with Crippen molar-refractivity contribution in [2.24, 2.45) is 0 Å². The molecule has 0 fully saturated rings. The molecule has 0 aliphatic rings. The second kappa shape index (κ2) is 6.51. The maximum atomic E-state index is 12.4. The van der Waals surface area contributed by atoms with Crippen LogP contribution in [0.1, 0.15) is 25.3 Å². The first-order valence-corrected chi connectivity index (χ1v) is 9.35. The Kier molecular flexibility index (Phi) is 4.61. The zero-order valence-electron chi connectivity index (χ0n) is 12.8. The highest BCUT2D eigenvalue weighted by Crippen LogP contribution is 2.31. The van der Waals surface area contributed by atoms with Gasteiger partial charge >= 0.3 is 0 Å². The summed E-state index contributed by atoms with van der Waals surface area (Å²) in [6.07, 6.45) is 0. The number of hydrogen-bond acceptors (Lipinski definition) is 5. The van der Waals surface area contributed by atoms with E-state index in [9.17, 15) is 4.79 Å². The van der Waals surface area contributed by atoms with Crippen molar-refractivity contribution in [1.82, 2.24) is 9.97 Å². The van der Waals surface area contributed by atoms with Crippen molar-refractivity contribution < 1.29 is 4.79 Å². The van der Waals surface area contributed by atoms with Crippen LogP contribution in [0.25, 0.3) is 11.3 Å². The number of hydrogen-bond donors (Lipinski definition) is 1. The fourth-order valence-corrected chi connectivity index (χ4v) is 4.13. The second-order valence-electron chi connectivity index (χ2n) is 5.03. The number of thiazole rings is 2.